The maximum absolute atomic E-state index is 12.7. The molecule has 0 radical (unpaired) electrons. The Bertz CT molecular complexity index is 950. The molecular formula is C20H17Cl2NO3. The summed E-state index contributed by atoms with van der Waals surface area (Å²) in [4.78, 5) is 12.7. The third-order valence-corrected chi connectivity index (χ3v) is 4.54. The number of hydrogen-bond acceptors (Lipinski definition) is 3. The number of rotatable bonds is 5. The Morgan fingerprint density at radius 2 is 1.88 bits per heavy atom. The van der Waals surface area contributed by atoms with Crippen molar-refractivity contribution in [1.82, 2.24) is 0 Å². The summed E-state index contributed by atoms with van der Waals surface area (Å²) in [5.41, 5.74) is 1.80. The highest BCUT2D eigenvalue weighted by atomic mass is 35.5. The molecule has 1 amide bonds. The van der Waals surface area contributed by atoms with E-state index in [1.807, 2.05) is 25.1 Å². The van der Waals surface area contributed by atoms with Gasteiger partial charge in [0.25, 0.3) is 5.91 Å². The normalized spacial score (nSPS) is 10.6. The molecule has 0 aliphatic rings. The van der Waals surface area contributed by atoms with Crippen molar-refractivity contribution in [3.63, 3.8) is 0 Å². The third-order valence-electron chi connectivity index (χ3n) is 3.80. The first-order valence-corrected chi connectivity index (χ1v) is 8.84. The van der Waals surface area contributed by atoms with Crippen LogP contribution in [0.5, 0.6) is 5.75 Å². The maximum Gasteiger partial charge on any atom is 0.259 e. The number of aryl methyl sites for hydroxylation is 1. The van der Waals surface area contributed by atoms with Gasteiger partial charge in [-0.1, -0.05) is 35.3 Å². The molecular weight excluding hydrogens is 373 g/mol. The van der Waals surface area contributed by atoms with Crippen LogP contribution in [0.3, 0.4) is 0 Å². The highest BCUT2D eigenvalue weighted by molar-refractivity contribution is 6.42. The van der Waals surface area contributed by atoms with Gasteiger partial charge < -0.3 is 14.5 Å². The van der Waals surface area contributed by atoms with Gasteiger partial charge in [-0.05, 0) is 50.2 Å². The third kappa shape index (κ3) is 3.87. The molecule has 0 fully saturated rings. The van der Waals surface area contributed by atoms with Crippen LogP contribution in [-0.2, 0) is 0 Å². The molecule has 0 aliphatic carbocycles. The van der Waals surface area contributed by atoms with Crippen molar-refractivity contribution >= 4 is 34.8 Å². The number of carbonyl (C=O) groups is 1. The lowest BCUT2D eigenvalue weighted by Gasteiger charge is -2.10. The fraction of sp³-hybridized carbons (Fsp3) is 0.150. The molecule has 0 saturated heterocycles. The Balaban J connectivity index is 1.87. The summed E-state index contributed by atoms with van der Waals surface area (Å²) < 4.78 is 11.3. The molecule has 0 atom stereocenters. The van der Waals surface area contributed by atoms with Gasteiger partial charge in [-0.15, -0.1) is 0 Å². The summed E-state index contributed by atoms with van der Waals surface area (Å²) in [5, 5.41) is 3.75. The van der Waals surface area contributed by atoms with Crippen LogP contribution in [0.15, 0.2) is 52.9 Å². The first-order chi connectivity index (χ1) is 12.5. The molecule has 1 N–H and O–H groups in total. The Hall–Kier alpha value is -2.43. The molecule has 3 rings (SSSR count). The van der Waals surface area contributed by atoms with Crippen molar-refractivity contribution in [3.8, 4) is 17.1 Å². The molecule has 0 aliphatic heterocycles. The van der Waals surface area contributed by atoms with Crippen LogP contribution in [-0.4, -0.2) is 12.5 Å². The molecule has 26 heavy (non-hydrogen) atoms. The smallest absolute Gasteiger partial charge is 0.259 e. The molecule has 0 unspecified atom stereocenters. The van der Waals surface area contributed by atoms with E-state index in [4.69, 9.17) is 32.4 Å². The van der Waals surface area contributed by atoms with Crippen LogP contribution in [0, 0.1) is 6.92 Å². The van der Waals surface area contributed by atoms with E-state index in [-0.39, 0.29) is 5.91 Å². The number of anilines is 1. The predicted octanol–water partition coefficient (Wildman–Crippen LogP) is 6.21. The molecule has 0 saturated carbocycles. The molecule has 6 heteroatoms. The number of para-hydroxylation sites is 2. The fourth-order valence-corrected chi connectivity index (χ4v) is 2.84. The molecule has 2 aromatic carbocycles. The van der Waals surface area contributed by atoms with Gasteiger partial charge in [0.05, 0.1) is 27.9 Å². The minimum absolute atomic E-state index is 0.273. The van der Waals surface area contributed by atoms with E-state index in [1.54, 1.807) is 37.3 Å². The highest BCUT2D eigenvalue weighted by Crippen LogP contribution is 2.32. The van der Waals surface area contributed by atoms with E-state index in [0.717, 1.165) is 5.56 Å². The quantitative estimate of drug-likeness (QED) is 0.563. The minimum atomic E-state index is -0.273. The van der Waals surface area contributed by atoms with Crippen molar-refractivity contribution in [3.05, 3.63) is 69.9 Å². The monoisotopic (exact) mass is 389 g/mol. The average Bonchev–Trinajstić information content (AvgIpc) is 3.01. The van der Waals surface area contributed by atoms with Gasteiger partial charge in [0.15, 0.2) is 0 Å². The molecule has 0 bridgehead atoms. The zero-order valence-corrected chi connectivity index (χ0v) is 15.8. The van der Waals surface area contributed by atoms with Crippen LogP contribution in [0.4, 0.5) is 5.69 Å². The van der Waals surface area contributed by atoms with Gasteiger partial charge in [-0.25, -0.2) is 0 Å². The number of hydrogen-bond donors (Lipinski definition) is 1. The van der Waals surface area contributed by atoms with Gasteiger partial charge in [0.1, 0.15) is 17.3 Å². The largest absolute Gasteiger partial charge is 0.492 e. The second kappa shape index (κ2) is 7.85. The number of benzene rings is 2. The number of nitrogens with one attached hydrogen (secondary N) is 1. The van der Waals surface area contributed by atoms with E-state index in [9.17, 15) is 4.79 Å². The van der Waals surface area contributed by atoms with Gasteiger partial charge in [0.2, 0.25) is 0 Å². The lowest BCUT2D eigenvalue weighted by Crippen LogP contribution is -2.13. The molecule has 3 aromatic rings. The number of halogens is 2. The van der Waals surface area contributed by atoms with Gasteiger partial charge in [0, 0.05) is 5.56 Å². The zero-order chi connectivity index (χ0) is 18.7. The maximum atomic E-state index is 12.7. The average molecular weight is 390 g/mol. The van der Waals surface area contributed by atoms with Crippen molar-refractivity contribution in [2.75, 3.05) is 11.9 Å². The van der Waals surface area contributed by atoms with Crippen molar-refractivity contribution in [2.45, 2.75) is 13.8 Å². The first kappa shape index (κ1) is 18.4. The summed E-state index contributed by atoms with van der Waals surface area (Å²) in [6.07, 6.45) is 0. The van der Waals surface area contributed by atoms with Crippen molar-refractivity contribution < 1.29 is 13.9 Å². The van der Waals surface area contributed by atoms with Crippen LogP contribution >= 0.6 is 23.2 Å². The van der Waals surface area contributed by atoms with Gasteiger partial charge in [-0.3, -0.25) is 4.79 Å². The highest BCUT2D eigenvalue weighted by Gasteiger charge is 2.18. The van der Waals surface area contributed by atoms with Gasteiger partial charge in [-0.2, -0.15) is 0 Å². The Labute approximate surface area is 161 Å². The SMILES string of the molecule is CCOc1ccccc1NC(=O)c1cc(-c2ccc(Cl)c(Cl)c2)oc1C. The van der Waals surface area contributed by atoms with Crippen molar-refractivity contribution in [1.29, 1.82) is 0 Å². The molecule has 4 nitrogen and oxygen atoms in total. The van der Waals surface area contributed by atoms with E-state index in [1.165, 1.54) is 0 Å². The van der Waals surface area contributed by atoms with E-state index < -0.39 is 0 Å². The molecule has 134 valence electrons. The zero-order valence-electron chi connectivity index (χ0n) is 14.3. The lowest BCUT2D eigenvalue weighted by atomic mass is 10.1. The minimum Gasteiger partial charge on any atom is -0.492 e. The molecule has 0 spiro atoms. The summed E-state index contributed by atoms with van der Waals surface area (Å²) in [5.74, 6) is 1.40. The number of ether oxygens (including phenoxy) is 1. The summed E-state index contributed by atoms with van der Waals surface area (Å²) >= 11 is 12.0. The van der Waals surface area contributed by atoms with E-state index in [2.05, 4.69) is 5.32 Å². The molecule has 1 heterocycles. The van der Waals surface area contributed by atoms with E-state index in [0.29, 0.717) is 45.2 Å². The van der Waals surface area contributed by atoms with Crippen molar-refractivity contribution in [2.24, 2.45) is 0 Å². The lowest BCUT2D eigenvalue weighted by molar-refractivity contribution is 0.102. The summed E-state index contributed by atoms with van der Waals surface area (Å²) in [6, 6.07) is 14.2. The van der Waals surface area contributed by atoms with E-state index >= 15 is 0 Å². The first-order valence-electron chi connectivity index (χ1n) is 8.08. The van der Waals surface area contributed by atoms with Gasteiger partial charge >= 0.3 is 0 Å². The summed E-state index contributed by atoms with van der Waals surface area (Å²) in [6.45, 7) is 4.14. The number of amides is 1. The Morgan fingerprint density at radius 1 is 1.12 bits per heavy atom. The molecule has 1 aromatic heterocycles. The van der Waals surface area contributed by atoms with Crippen LogP contribution in [0.2, 0.25) is 10.0 Å². The van der Waals surface area contributed by atoms with Crippen LogP contribution in [0.25, 0.3) is 11.3 Å². The second-order valence-corrected chi connectivity index (χ2v) is 6.41. The number of carbonyl (C=O) groups excluding carboxylic acids is 1. The number of furan rings is 1. The Kier molecular flexibility index (Phi) is 5.55. The topological polar surface area (TPSA) is 51.5 Å². The fourth-order valence-electron chi connectivity index (χ4n) is 2.54. The van der Waals surface area contributed by atoms with Crippen LogP contribution < -0.4 is 10.1 Å². The predicted molar refractivity (Wildman–Crippen MR) is 104 cm³/mol. The summed E-state index contributed by atoms with van der Waals surface area (Å²) in [7, 11) is 0. The standard InChI is InChI=1S/C20H17Cl2NO3/c1-3-25-18-7-5-4-6-17(18)23-20(24)14-11-19(26-12(14)2)13-8-9-15(21)16(22)10-13/h4-11H,3H2,1-2H3,(H,23,24). The second-order valence-electron chi connectivity index (χ2n) is 5.59. The Morgan fingerprint density at radius 3 is 2.62 bits per heavy atom. The van der Waals surface area contributed by atoms with Crippen LogP contribution in [0.1, 0.15) is 23.0 Å².